The van der Waals surface area contributed by atoms with Crippen LogP contribution in [-0.4, -0.2) is 35.2 Å². The molecule has 0 fully saturated rings. The minimum absolute atomic E-state index is 0.289. The normalized spacial score (nSPS) is 12.5. The van der Waals surface area contributed by atoms with Crippen LogP contribution in [0.5, 0.6) is 0 Å². The van der Waals surface area contributed by atoms with Crippen LogP contribution in [0.1, 0.15) is 20.8 Å². The molecule has 0 aromatic rings. The van der Waals surface area contributed by atoms with E-state index in [4.69, 9.17) is 9.47 Å². The van der Waals surface area contributed by atoms with Crippen molar-refractivity contribution in [1.29, 1.82) is 0 Å². The second-order valence-corrected chi connectivity index (χ2v) is 4.95. The zero-order valence-electron chi connectivity index (χ0n) is 7.86. The lowest BCUT2D eigenvalue weighted by Crippen LogP contribution is -2.22. The monoisotopic (exact) mass is 197 g/mol. The summed E-state index contributed by atoms with van der Waals surface area (Å²) in [6.07, 6.45) is 0.289. The Morgan fingerprint density at radius 2 is 1.50 bits per heavy atom. The molecule has 12 heavy (non-hydrogen) atoms. The highest BCUT2D eigenvalue weighted by Crippen LogP contribution is 2.55. The topological polar surface area (TPSA) is 58.9 Å². The molecule has 74 valence electrons. The Hall–Kier alpha value is 0.270. The summed E-state index contributed by atoms with van der Waals surface area (Å²) in [4.78, 5) is 18.9. The Labute approximate surface area is 74.0 Å². The molecule has 0 aliphatic heterocycles. The Balaban J connectivity index is 4.07. The first-order valence-corrected chi connectivity index (χ1v) is 6.09. The van der Waals surface area contributed by atoms with Gasteiger partial charge >= 0.3 is 13.7 Å². The molecule has 0 aromatic heterocycles. The predicted octanol–water partition coefficient (Wildman–Crippen LogP) is 1.20. The highest BCUT2D eigenvalue weighted by molar-refractivity contribution is 7.64. The van der Waals surface area contributed by atoms with Crippen molar-refractivity contribution in [2.45, 2.75) is 26.8 Å². The van der Waals surface area contributed by atoms with Crippen molar-refractivity contribution in [2.24, 2.45) is 0 Å². The van der Waals surface area contributed by atoms with E-state index in [1.807, 2.05) is 0 Å². The standard InChI is InChI=1S/C7H18O4P/c1-4-10-7(11-5-2)12(8,9)6-3/h7-9H,4-6H2,1-3H3/q+1. The van der Waals surface area contributed by atoms with Crippen molar-refractivity contribution >= 4 is 7.72 Å². The minimum Gasteiger partial charge on any atom is -0.317 e. The fourth-order valence-electron chi connectivity index (χ4n) is 0.721. The second kappa shape index (κ2) is 5.84. The average Bonchev–Trinajstić information content (AvgIpc) is 2.04. The molecule has 0 aliphatic carbocycles. The lowest BCUT2D eigenvalue weighted by Gasteiger charge is -2.20. The van der Waals surface area contributed by atoms with Crippen molar-refractivity contribution in [3.8, 4) is 0 Å². The Kier molecular flexibility index (Phi) is 5.97. The van der Waals surface area contributed by atoms with Gasteiger partial charge in [-0.2, -0.15) is 0 Å². The average molecular weight is 197 g/mol. The van der Waals surface area contributed by atoms with Gasteiger partial charge in [-0.3, -0.25) is 0 Å². The molecule has 2 N–H and O–H groups in total. The van der Waals surface area contributed by atoms with Crippen molar-refractivity contribution in [3.05, 3.63) is 0 Å². The van der Waals surface area contributed by atoms with Crippen molar-refractivity contribution in [2.75, 3.05) is 19.4 Å². The second-order valence-electron chi connectivity index (χ2n) is 2.32. The summed E-state index contributed by atoms with van der Waals surface area (Å²) in [6, 6.07) is -0.836. The van der Waals surface area contributed by atoms with Crippen LogP contribution in [0.2, 0.25) is 0 Å². The third-order valence-corrected chi connectivity index (χ3v) is 3.33. The molecular formula is C7H18O4P+. The first kappa shape index (κ1) is 12.3. The summed E-state index contributed by atoms with van der Waals surface area (Å²) in [6.45, 7) is 6.14. The highest BCUT2D eigenvalue weighted by atomic mass is 31.2. The van der Waals surface area contributed by atoms with Gasteiger partial charge in [0.2, 0.25) is 0 Å². The van der Waals surface area contributed by atoms with Crippen LogP contribution in [0, 0.1) is 0 Å². The lowest BCUT2D eigenvalue weighted by atomic mass is 10.9. The number of rotatable bonds is 6. The van der Waals surface area contributed by atoms with E-state index in [0.717, 1.165) is 0 Å². The lowest BCUT2D eigenvalue weighted by molar-refractivity contribution is -0.0910. The molecule has 0 aromatic carbocycles. The van der Waals surface area contributed by atoms with Crippen LogP contribution in [0.15, 0.2) is 0 Å². The van der Waals surface area contributed by atoms with Crippen LogP contribution in [0.25, 0.3) is 0 Å². The quantitative estimate of drug-likeness (QED) is 0.496. The molecule has 0 saturated carbocycles. The molecule has 0 bridgehead atoms. The zero-order valence-corrected chi connectivity index (χ0v) is 8.75. The van der Waals surface area contributed by atoms with Crippen molar-refractivity contribution < 1.29 is 19.3 Å². The first-order valence-electron chi connectivity index (χ1n) is 4.14. The molecule has 0 spiro atoms. The molecule has 0 rings (SSSR count). The van der Waals surface area contributed by atoms with Crippen molar-refractivity contribution in [3.63, 3.8) is 0 Å². The molecule has 5 heteroatoms. The third-order valence-electron chi connectivity index (χ3n) is 1.42. The summed E-state index contributed by atoms with van der Waals surface area (Å²) < 4.78 is 10.1. The maximum absolute atomic E-state index is 9.46. The molecular weight excluding hydrogens is 179 g/mol. The van der Waals surface area contributed by atoms with Gasteiger partial charge in [-0.05, 0) is 20.8 Å². The molecule has 0 heterocycles. The largest absolute Gasteiger partial charge is 0.329 e. The molecule has 0 atom stereocenters. The van der Waals surface area contributed by atoms with Gasteiger partial charge in [0.25, 0.3) is 0 Å². The van der Waals surface area contributed by atoms with E-state index in [9.17, 15) is 9.79 Å². The van der Waals surface area contributed by atoms with Gasteiger partial charge in [0, 0.05) is 0 Å². The maximum Gasteiger partial charge on any atom is 0.329 e. The number of ether oxygens (including phenoxy) is 2. The van der Waals surface area contributed by atoms with Gasteiger partial charge < -0.3 is 9.47 Å². The molecule has 0 aliphatic rings. The van der Waals surface area contributed by atoms with E-state index >= 15 is 0 Å². The number of hydrogen-bond acceptors (Lipinski definition) is 4. The van der Waals surface area contributed by atoms with Crippen LogP contribution in [0.3, 0.4) is 0 Å². The Morgan fingerprint density at radius 3 is 1.75 bits per heavy atom. The van der Waals surface area contributed by atoms with E-state index in [1.165, 1.54) is 0 Å². The SMILES string of the molecule is CCOC(OCC)[P+](O)(O)CC. The first-order chi connectivity index (χ1) is 5.58. The Morgan fingerprint density at radius 1 is 1.08 bits per heavy atom. The Bertz CT molecular complexity index is 112. The highest BCUT2D eigenvalue weighted by Gasteiger charge is 2.44. The van der Waals surface area contributed by atoms with E-state index in [2.05, 4.69) is 0 Å². The van der Waals surface area contributed by atoms with Gasteiger partial charge in [-0.25, -0.2) is 9.79 Å². The minimum atomic E-state index is -3.01. The smallest absolute Gasteiger partial charge is 0.317 e. The van der Waals surface area contributed by atoms with Gasteiger partial charge in [-0.15, -0.1) is 0 Å². The fraction of sp³-hybridized carbons (Fsp3) is 1.00. The maximum atomic E-state index is 9.46. The van der Waals surface area contributed by atoms with E-state index in [0.29, 0.717) is 13.2 Å². The van der Waals surface area contributed by atoms with Crippen LogP contribution < -0.4 is 0 Å². The summed E-state index contributed by atoms with van der Waals surface area (Å²) in [7, 11) is -3.01. The van der Waals surface area contributed by atoms with Crippen LogP contribution >= 0.6 is 7.72 Å². The molecule has 0 unspecified atom stereocenters. The van der Waals surface area contributed by atoms with Gasteiger partial charge in [0.05, 0.1) is 13.2 Å². The van der Waals surface area contributed by atoms with Gasteiger partial charge in [0.15, 0.2) is 0 Å². The van der Waals surface area contributed by atoms with Crippen molar-refractivity contribution in [1.82, 2.24) is 0 Å². The molecule has 4 nitrogen and oxygen atoms in total. The molecule has 0 radical (unpaired) electrons. The van der Waals surface area contributed by atoms with Crippen LogP contribution in [0.4, 0.5) is 0 Å². The predicted molar refractivity (Wildman–Crippen MR) is 48.9 cm³/mol. The summed E-state index contributed by atoms with van der Waals surface area (Å²) in [5.74, 6) is 0. The fourth-order valence-corrected chi connectivity index (χ4v) is 1.79. The van der Waals surface area contributed by atoms with Crippen LogP contribution in [-0.2, 0) is 9.47 Å². The zero-order chi connectivity index (χ0) is 9.61. The number of hydrogen-bond donors (Lipinski definition) is 2. The summed E-state index contributed by atoms with van der Waals surface area (Å²) >= 11 is 0. The van der Waals surface area contributed by atoms with Gasteiger partial charge in [-0.1, -0.05) is 0 Å². The van der Waals surface area contributed by atoms with E-state index in [1.54, 1.807) is 20.8 Å². The molecule has 0 saturated heterocycles. The van der Waals surface area contributed by atoms with Gasteiger partial charge in [0.1, 0.15) is 6.16 Å². The summed E-state index contributed by atoms with van der Waals surface area (Å²) in [5.41, 5.74) is 0. The summed E-state index contributed by atoms with van der Waals surface area (Å²) in [5, 5.41) is 0. The third kappa shape index (κ3) is 3.78. The van der Waals surface area contributed by atoms with E-state index in [-0.39, 0.29) is 6.16 Å². The molecule has 0 amide bonds. The van der Waals surface area contributed by atoms with E-state index < -0.39 is 13.7 Å².